The maximum Gasteiger partial charge on any atom is 0.307 e. The van der Waals surface area contributed by atoms with Crippen LogP contribution < -0.4 is 4.72 Å². The standard InChI is InChI=1S/C12H12N2O4S2/c15-12(16)7-9-1-3-10(4-2-9)20(17,18)14-8-11-13-5-6-19-11/h1-6,14H,7-8H2,(H,15,16). The SMILES string of the molecule is O=C(O)Cc1ccc(S(=O)(=O)NCc2nccs2)cc1. The number of carboxylic acids is 1. The van der Waals surface area contributed by atoms with Gasteiger partial charge in [-0.3, -0.25) is 4.79 Å². The second kappa shape index (κ2) is 6.12. The Labute approximate surface area is 120 Å². The van der Waals surface area contributed by atoms with Gasteiger partial charge in [-0.15, -0.1) is 11.3 Å². The second-order valence-corrected chi connectivity index (χ2v) is 6.71. The molecule has 8 heteroatoms. The highest BCUT2D eigenvalue weighted by atomic mass is 32.2. The Balaban J connectivity index is 2.07. The van der Waals surface area contributed by atoms with Crippen LogP contribution in [0.25, 0.3) is 0 Å². The van der Waals surface area contributed by atoms with Crippen molar-refractivity contribution >= 4 is 27.3 Å². The van der Waals surface area contributed by atoms with Crippen LogP contribution in [0, 0.1) is 0 Å². The molecule has 0 amide bonds. The molecule has 0 aliphatic carbocycles. The molecule has 0 saturated carbocycles. The first-order valence-electron chi connectivity index (χ1n) is 5.66. The molecule has 2 aromatic rings. The zero-order valence-electron chi connectivity index (χ0n) is 10.3. The van der Waals surface area contributed by atoms with Gasteiger partial charge in [-0.1, -0.05) is 12.1 Å². The van der Waals surface area contributed by atoms with Crippen LogP contribution in [-0.2, 0) is 27.8 Å². The summed E-state index contributed by atoms with van der Waals surface area (Å²) in [6.45, 7) is 0.136. The lowest BCUT2D eigenvalue weighted by Gasteiger charge is -2.06. The molecule has 1 aromatic carbocycles. The Bertz CT molecular complexity index is 679. The van der Waals surface area contributed by atoms with Crippen molar-refractivity contribution in [3.63, 3.8) is 0 Å². The van der Waals surface area contributed by atoms with Crippen LogP contribution in [0.2, 0.25) is 0 Å². The fraction of sp³-hybridized carbons (Fsp3) is 0.167. The van der Waals surface area contributed by atoms with Gasteiger partial charge >= 0.3 is 5.97 Å². The fourth-order valence-corrected chi connectivity index (χ4v) is 3.18. The van der Waals surface area contributed by atoms with Gasteiger partial charge in [0.15, 0.2) is 0 Å². The van der Waals surface area contributed by atoms with E-state index in [0.29, 0.717) is 10.6 Å². The van der Waals surface area contributed by atoms with Gasteiger partial charge in [-0.05, 0) is 17.7 Å². The van der Waals surface area contributed by atoms with Crippen molar-refractivity contribution in [3.05, 3.63) is 46.4 Å². The first-order chi connectivity index (χ1) is 9.47. The number of hydrogen-bond donors (Lipinski definition) is 2. The molecule has 0 atom stereocenters. The lowest BCUT2D eigenvalue weighted by atomic mass is 10.2. The van der Waals surface area contributed by atoms with E-state index in [0.717, 1.165) is 0 Å². The molecule has 0 aliphatic heterocycles. The molecule has 0 radical (unpaired) electrons. The summed E-state index contributed by atoms with van der Waals surface area (Å²) in [5.74, 6) is -0.956. The van der Waals surface area contributed by atoms with Crippen molar-refractivity contribution in [2.24, 2.45) is 0 Å². The topological polar surface area (TPSA) is 96.4 Å². The lowest BCUT2D eigenvalue weighted by Crippen LogP contribution is -2.23. The van der Waals surface area contributed by atoms with Gasteiger partial charge in [0.25, 0.3) is 0 Å². The number of benzene rings is 1. The maximum atomic E-state index is 12.0. The molecule has 1 heterocycles. The van der Waals surface area contributed by atoms with E-state index in [1.54, 1.807) is 11.6 Å². The molecule has 0 spiro atoms. The van der Waals surface area contributed by atoms with E-state index < -0.39 is 16.0 Å². The quantitative estimate of drug-likeness (QED) is 0.837. The molecule has 0 fully saturated rings. The van der Waals surface area contributed by atoms with Crippen LogP contribution in [0.5, 0.6) is 0 Å². The highest BCUT2D eigenvalue weighted by molar-refractivity contribution is 7.89. The van der Waals surface area contributed by atoms with Gasteiger partial charge in [-0.25, -0.2) is 18.1 Å². The van der Waals surface area contributed by atoms with Crippen LogP contribution in [0.15, 0.2) is 40.7 Å². The molecule has 20 heavy (non-hydrogen) atoms. The molecule has 0 aliphatic rings. The van der Waals surface area contributed by atoms with E-state index in [9.17, 15) is 13.2 Å². The Morgan fingerprint density at radius 1 is 1.30 bits per heavy atom. The van der Waals surface area contributed by atoms with E-state index in [4.69, 9.17) is 5.11 Å². The monoisotopic (exact) mass is 312 g/mol. The maximum absolute atomic E-state index is 12.0. The van der Waals surface area contributed by atoms with Crippen molar-refractivity contribution in [3.8, 4) is 0 Å². The van der Waals surface area contributed by atoms with Gasteiger partial charge in [-0.2, -0.15) is 0 Å². The van der Waals surface area contributed by atoms with Crippen LogP contribution in [0.3, 0.4) is 0 Å². The van der Waals surface area contributed by atoms with Crippen molar-refractivity contribution in [2.45, 2.75) is 17.9 Å². The summed E-state index contributed by atoms with van der Waals surface area (Å²) in [7, 11) is -3.61. The zero-order chi connectivity index (χ0) is 14.6. The van der Waals surface area contributed by atoms with E-state index in [2.05, 4.69) is 9.71 Å². The summed E-state index contributed by atoms with van der Waals surface area (Å²) >= 11 is 1.36. The smallest absolute Gasteiger partial charge is 0.307 e. The molecule has 2 rings (SSSR count). The third kappa shape index (κ3) is 3.86. The summed E-state index contributed by atoms with van der Waals surface area (Å²) in [6, 6.07) is 5.77. The first kappa shape index (κ1) is 14.6. The average Bonchev–Trinajstić information content (AvgIpc) is 2.89. The largest absolute Gasteiger partial charge is 0.481 e. The van der Waals surface area contributed by atoms with Crippen LogP contribution in [0.4, 0.5) is 0 Å². The van der Waals surface area contributed by atoms with Gasteiger partial charge in [0.1, 0.15) is 5.01 Å². The highest BCUT2D eigenvalue weighted by Crippen LogP contribution is 2.12. The van der Waals surface area contributed by atoms with Gasteiger partial charge in [0.2, 0.25) is 10.0 Å². The van der Waals surface area contributed by atoms with E-state index in [1.807, 2.05) is 0 Å². The molecule has 106 valence electrons. The molecule has 2 N–H and O–H groups in total. The normalized spacial score (nSPS) is 11.4. The van der Waals surface area contributed by atoms with E-state index in [-0.39, 0.29) is 17.9 Å². The second-order valence-electron chi connectivity index (χ2n) is 3.96. The molecular weight excluding hydrogens is 300 g/mol. The molecular formula is C12H12N2O4S2. The number of hydrogen-bond acceptors (Lipinski definition) is 5. The Morgan fingerprint density at radius 3 is 2.55 bits per heavy atom. The van der Waals surface area contributed by atoms with Gasteiger partial charge in [0, 0.05) is 11.6 Å². The minimum Gasteiger partial charge on any atom is -0.481 e. The average molecular weight is 312 g/mol. The molecule has 0 unspecified atom stereocenters. The lowest BCUT2D eigenvalue weighted by molar-refractivity contribution is -0.136. The fourth-order valence-electron chi connectivity index (χ4n) is 1.54. The molecule has 1 aromatic heterocycles. The molecule has 0 bridgehead atoms. The number of carbonyl (C=O) groups is 1. The van der Waals surface area contributed by atoms with E-state index >= 15 is 0 Å². The number of aliphatic carboxylic acids is 1. The predicted octanol–water partition coefficient (Wildman–Crippen LogP) is 1.25. The summed E-state index contributed by atoms with van der Waals surface area (Å²) in [6.07, 6.45) is 1.47. The number of thiazole rings is 1. The van der Waals surface area contributed by atoms with Crippen LogP contribution in [0.1, 0.15) is 10.6 Å². The van der Waals surface area contributed by atoms with Gasteiger partial charge < -0.3 is 5.11 Å². The Hall–Kier alpha value is -1.77. The van der Waals surface area contributed by atoms with Crippen LogP contribution in [-0.4, -0.2) is 24.5 Å². The Kier molecular flexibility index (Phi) is 4.48. The number of sulfonamides is 1. The van der Waals surface area contributed by atoms with E-state index in [1.165, 1.54) is 35.6 Å². The highest BCUT2D eigenvalue weighted by Gasteiger charge is 2.14. The number of rotatable bonds is 6. The molecule has 0 saturated heterocycles. The van der Waals surface area contributed by atoms with Crippen molar-refractivity contribution in [1.29, 1.82) is 0 Å². The summed E-state index contributed by atoms with van der Waals surface area (Å²) < 4.78 is 26.5. The molecule has 6 nitrogen and oxygen atoms in total. The van der Waals surface area contributed by atoms with Crippen LogP contribution >= 0.6 is 11.3 Å². The zero-order valence-corrected chi connectivity index (χ0v) is 11.9. The minimum absolute atomic E-state index is 0.100. The number of nitrogens with one attached hydrogen (secondary N) is 1. The number of aromatic nitrogens is 1. The minimum atomic E-state index is -3.61. The number of nitrogens with zero attached hydrogens (tertiary/aromatic N) is 1. The summed E-state index contributed by atoms with van der Waals surface area (Å²) in [4.78, 5) is 14.6. The third-order valence-electron chi connectivity index (χ3n) is 2.49. The van der Waals surface area contributed by atoms with Crippen molar-refractivity contribution in [2.75, 3.05) is 0 Å². The third-order valence-corrected chi connectivity index (χ3v) is 4.68. The van der Waals surface area contributed by atoms with Gasteiger partial charge in [0.05, 0.1) is 17.9 Å². The summed E-state index contributed by atoms with van der Waals surface area (Å²) in [5, 5.41) is 11.1. The Morgan fingerprint density at radius 2 is 2.00 bits per heavy atom. The van der Waals surface area contributed by atoms with Crippen molar-refractivity contribution in [1.82, 2.24) is 9.71 Å². The predicted molar refractivity (Wildman–Crippen MR) is 73.9 cm³/mol. The number of carboxylic acid groups (broad SMARTS) is 1. The summed E-state index contributed by atoms with van der Waals surface area (Å²) in [5.41, 5.74) is 0.552. The first-order valence-corrected chi connectivity index (χ1v) is 8.02. The van der Waals surface area contributed by atoms with Crippen molar-refractivity contribution < 1.29 is 18.3 Å².